The number of hydrogen-bond donors (Lipinski definition) is 0. The van der Waals surface area contributed by atoms with E-state index in [4.69, 9.17) is 13.7 Å². The van der Waals surface area contributed by atoms with Crippen LogP contribution in [0.4, 0.5) is 0 Å². The molecule has 0 unspecified atom stereocenters. The summed E-state index contributed by atoms with van der Waals surface area (Å²) in [7, 11) is 2.06. The van der Waals surface area contributed by atoms with Crippen LogP contribution in [0.25, 0.3) is 22.4 Å². The van der Waals surface area contributed by atoms with Crippen LogP contribution < -0.4 is 0 Å². The van der Waals surface area contributed by atoms with E-state index in [1.54, 1.807) is 6.26 Å². The molecule has 0 amide bonds. The monoisotopic (exact) mass is 285 g/mol. The zero-order chi connectivity index (χ0) is 14.2. The van der Waals surface area contributed by atoms with Gasteiger partial charge in [0.05, 0.1) is 12.2 Å². The molecule has 3 heterocycles. The number of benzene rings is 1. The van der Waals surface area contributed by atoms with Crippen LogP contribution in [0.15, 0.2) is 39.5 Å². The molecule has 0 bridgehead atoms. The summed E-state index contributed by atoms with van der Waals surface area (Å²) in [5, 5.41) is 5.02. The lowest BCUT2D eigenvalue weighted by atomic mass is 10.2. The summed E-state index contributed by atoms with van der Waals surface area (Å²) in [6.07, 6.45) is 1.51. The molecule has 3 aromatic rings. The molecule has 0 saturated carbocycles. The van der Waals surface area contributed by atoms with E-state index in [-0.39, 0.29) is 6.10 Å². The molecule has 108 valence electrons. The van der Waals surface area contributed by atoms with Crippen molar-refractivity contribution >= 4 is 11.0 Å². The zero-order valence-electron chi connectivity index (χ0n) is 11.7. The van der Waals surface area contributed by atoms with Crippen molar-refractivity contribution in [2.45, 2.75) is 6.10 Å². The molecule has 0 spiro atoms. The van der Waals surface area contributed by atoms with Crippen molar-refractivity contribution in [1.29, 1.82) is 0 Å². The minimum atomic E-state index is -0.139. The molecule has 1 aromatic carbocycles. The molecule has 0 aliphatic carbocycles. The van der Waals surface area contributed by atoms with E-state index < -0.39 is 0 Å². The van der Waals surface area contributed by atoms with E-state index >= 15 is 0 Å². The quantitative estimate of drug-likeness (QED) is 0.720. The van der Waals surface area contributed by atoms with Gasteiger partial charge in [-0.1, -0.05) is 23.4 Å². The van der Waals surface area contributed by atoms with Crippen molar-refractivity contribution in [2.24, 2.45) is 0 Å². The van der Waals surface area contributed by atoms with Gasteiger partial charge in [-0.25, -0.2) is 0 Å². The highest BCUT2D eigenvalue weighted by Crippen LogP contribution is 2.30. The fourth-order valence-electron chi connectivity index (χ4n) is 2.55. The molecule has 2 aromatic heterocycles. The molecule has 6 heteroatoms. The van der Waals surface area contributed by atoms with E-state index in [2.05, 4.69) is 22.1 Å². The second-order valence-electron chi connectivity index (χ2n) is 5.22. The fourth-order valence-corrected chi connectivity index (χ4v) is 2.55. The molecule has 1 aliphatic heterocycles. The normalized spacial score (nSPS) is 20.1. The number of ether oxygens (including phenoxy) is 1. The Kier molecular flexibility index (Phi) is 2.98. The Morgan fingerprint density at radius 2 is 2.19 bits per heavy atom. The standard InChI is InChI=1S/C15H15N3O3/c1-18-6-7-19-13(8-18)14-16-15(21-17-14)11-9-20-12-5-3-2-4-10(11)12/h2-5,9,13H,6-8H2,1H3/t13-/m1/s1. The largest absolute Gasteiger partial charge is 0.463 e. The van der Waals surface area contributed by atoms with Crippen molar-refractivity contribution in [3.8, 4) is 11.5 Å². The number of aromatic nitrogens is 2. The van der Waals surface area contributed by atoms with Gasteiger partial charge in [0.15, 0.2) is 0 Å². The van der Waals surface area contributed by atoms with Crippen molar-refractivity contribution < 1.29 is 13.7 Å². The number of fused-ring (bicyclic) bond motifs is 1. The van der Waals surface area contributed by atoms with E-state index in [0.717, 1.165) is 29.6 Å². The molecule has 21 heavy (non-hydrogen) atoms. The molecule has 1 fully saturated rings. The fraction of sp³-hybridized carbons (Fsp3) is 0.333. The highest BCUT2D eigenvalue weighted by Gasteiger charge is 2.25. The number of hydrogen-bond acceptors (Lipinski definition) is 6. The Morgan fingerprint density at radius 1 is 1.29 bits per heavy atom. The van der Waals surface area contributed by atoms with Crippen LogP contribution in [-0.2, 0) is 4.74 Å². The lowest BCUT2D eigenvalue weighted by Crippen LogP contribution is -2.35. The minimum Gasteiger partial charge on any atom is -0.463 e. The molecule has 1 atom stereocenters. The number of likely N-dealkylation sites (N-methyl/N-ethyl adjacent to an activating group) is 1. The Bertz CT molecular complexity index is 764. The lowest BCUT2D eigenvalue weighted by Gasteiger charge is -2.27. The Balaban J connectivity index is 1.68. The van der Waals surface area contributed by atoms with E-state index in [1.807, 2.05) is 24.3 Å². The first-order valence-corrected chi connectivity index (χ1v) is 6.91. The number of para-hydroxylation sites is 1. The van der Waals surface area contributed by atoms with Gasteiger partial charge in [-0.15, -0.1) is 0 Å². The molecule has 6 nitrogen and oxygen atoms in total. The van der Waals surface area contributed by atoms with Crippen LogP contribution in [0.1, 0.15) is 11.9 Å². The topological polar surface area (TPSA) is 64.5 Å². The SMILES string of the molecule is CN1CCO[C@@H](c2noc(-c3coc4ccccc34)n2)C1. The van der Waals surface area contributed by atoms with E-state index in [0.29, 0.717) is 18.3 Å². The average molecular weight is 285 g/mol. The maximum atomic E-state index is 5.70. The van der Waals surface area contributed by atoms with Crippen LogP contribution in [-0.4, -0.2) is 41.8 Å². The first kappa shape index (κ1) is 12.6. The first-order valence-electron chi connectivity index (χ1n) is 6.91. The predicted molar refractivity (Wildman–Crippen MR) is 75.7 cm³/mol. The molecular weight excluding hydrogens is 270 g/mol. The molecule has 0 N–H and O–H groups in total. The Hall–Kier alpha value is -2.18. The molecular formula is C15H15N3O3. The number of furan rings is 1. The number of morpholine rings is 1. The van der Waals surface area contributed by atoms with E-state index in [9.17, 15) is 0 Å². The van der Waals surface area contributed by atoms with Crippen LogP contribution >= 0.6 is 0 Å². The first-order chi connectivity index (χ1) is 10.3. The third kappa shape index (κ3) is 2.22. The summed E-state index contributed by atoms with van der Waals surface area (Å²) in [4.78, 5) is 6.66. The molecule has 1 saturated heterocycles. The van der Waals surface area contributed by atoms with E-state index in [1.165, 1.54) is 0 Å². The van der Waals surface area contributed by atoms with Crippen LogP contribution in [0, 0.1) is 0 Å². The van der Waals surface area contributed by atoms with Gasteiger partial charge in [0.1, 0.15) is 18.0 Å². The van der Waals surface area contributed by atoms with Crippen LogP contribution in [0.5, 0.6) is 0 Å². The van der Waals surface area contributed by atoms with Gasteiger partial charge in [0.2, 0.25) is 5.82 Å². The number of rotatable bonds is 2. The lowest BCUT2D eigenvalue weighted by molar-refractivity contribution is -0.0264. The molecule has 0 radical (unpaired) electrons. The van der Waals surface area contributed by atoms with Gasteiger partial charge in [-0.2, -0.15) is 4.98 Å². The van der Waals surface area contributed by atoms with Gasteiger partial charge in [0.25, 0.3) is 5.89 Å². The summed E-state index contributed by atoms with van der Waals surface area (Å²) in [5.74, 6) is 1.05. The minimum absolute atomic E-state index is 0.139. The predicted octanol–water partition coefficient (Wildman–Crippen LogP) is 2.49. The summed E-state index contributed by atoms with van der Waals surface area (Å²) >= 11 is 0. The van der Waals surface area contributed by atoms with Gasteiger partial charge in [-0.05, 0) is 13.1 Å². The summed E-state index contributed by atoms with van der Waals surface area (Å²) < 4.78 is 16.6. The Morgan fingerprint density at radius 3 is 3.10 bits per heavy atom. The van der Waals surface area contributed by atoms with Gasteiger partial charge in [-0.3, -0.25) is 0 Å². The highest BCUT2D eigenvalue weighted by molar-refractivity contribution is 5.91. The van der Waals surface area contributed by atoms with Crippen molar-refractivity contribution in [3.63, 3.8) is 0 Å². The number of nitrogens with zero attached hydrogens (tertiary/aromatic N) is 3. The van der Waals surface area contributed by atoms with Gasteiger partial charge < -0.3 is 18.6 Å². The summed E-state index contributed by atoms with van der Waals surface area (Å²) in [6.45, 7) is 2.37. The maximum Gasteiger partial charge on any atom is 0.261 e. The Labute approximate surface area is 121 Å². The van der Waals surface area contributed by atoms with Crippen LogP contribution in [0.2, 0.25) is 0 Å². The molecule has 1 aliphatic rings. The zero-order valence-corrected chi connectivity index (χ0v) is 11.7. The second-order valence-corrected chi connectivity index (χ2v) is 5.22. The van der Waals surface area contributed by atoms with Gasteiger partial charge in [0, 0.05) is 18.5 Å². The molecule has 4 rings (SSSR count). The summed E-state index contributed by atoms with van der Waals surface area (Å²) in [5.41, 5.74) is 1.62. The van der Waals surface area contributed by atoms with Crippen molar-refractivity contribution in [1.82, 2.24) is 15.0 Å². The second kappa shape index (κ2) is 4.98. The third-order valence-electron chi connectivity index (χ3n) is 3.71. The third-order valence-corrected chi connectivity index (χ3v) is 3.71. The van der Waals surface area contributed by atoms with Crippen LogP contribution in [0.3, 0.4) is 0 Å². The van der Waals surface area contributed by atoms with Crippen molar-refractivity contribution in [2.75, 3.05) is 26.7 Å². The van der Waals surface area contributed by atoms with Crippen molar-refractivity contribution in [3.05, 3.63) is 36.4 Å². The highest BCUT2D eigenvalue weighted by atomic mass is 16.5. The summed E-state index contributed by atoms with van der Waals surface area (Å²) in [6, 6.07) is 7.77. The smallest absolute Gasteiger partial charge is 0.261 e. The maximum absolute atomic E-state index is 5.70. The average Bonchev–Trinajstić information content (AvgIpc) is 3.14. The van der Waals surface area contributed by atoms with Gasteiger partial charge >= 0.3 is 0 Å².